The summed E-state index contributed by atoms with van der Waals surface area (Å²) in [6.45, 7) is 7.35. The van der Waals surface area contributed by atoms with E-state index in [-0.39, 0.29) is 39.6 Å². The molecule has 0 aromatic heterocycles. The van der Waals surface area contributed by atoms with Crippen molar-refractivity contribution in [2.24, 2.45) is 11.8 Å². The molecule has 2 amide bonds. The van der Waals surface area contributed by atoms with Gasteiger partial charge in [0.05, 0.1) is 0 Å². The Labute approximate surface area is 175 Å². The number of nitrogens with one attached hydrogen (secondary N) is 2. The molecule has 0 saturated carbocycles. The number of carbonyl (C=O) groups excluding carboxylic acids is 4. The van der Waals surface area contributed by atoms with Gasteiger partial charge in [0.25, 0.3) is 0 Å². The van der Waals surface area contributed by atoms with E-state index in [9.17, 15) is 19.2 Å². The highest BCUT2D eigenvalue weighted by molar-refractivity contribution is 8.14. The van der Waals surface area contributed by atoms with Crippen LogP contribution < -0.4 is 10.6 Å². The number of rotatable bonds is 10. The summed E-state index contributed by atoms with van der Waals surface area (Å²) in [5, 5.41) is 5.34. The highest BCUT2D eigenvalue weighted by atomic mass is 32.2. The minimum Gasteiger partial charge on any atom is -0.353 e. The molecule has 1 aromatic rings. The molecule has 0 unspecified atom stereocenters. The van der Waals surface area contributed by atoms with Crippen LogP contribution in [0.25, 0.3) is 0 Å². The lowest BCUT2D eigenvalue weighted by Gasteiger charge is -2.19. The second-order valence-corrected chi connectivity index (χ2v) is 8.89. The first-order valence-electron chi connectivity index (χ1n) is 9.19. The minimum absolute atomic E-state index is 0.0272. The molecule has 1 aromatic carbocycles. The van der Waals surface area contributed by atoms with Crippen LogP contribution >= 0.6 is 23.5 Å². The maximum atomic E-state index is 12.5. The lowest BCUT2D eigenvalue weighted by Crippen LogP contribution is -2.50. The van der Waals surface area contributed by atoms with E-state index in [0.717, 1.165) is 23.5 Å². The van der Waals surface area contributed by atoms with Gasteiger partial charge < -0.3 is 10.6 Å². The third kappa shape index (κ3) is 8.93. The Balaban J connectivity index is 2.51. The molecular formula is C20H28N2O4S2. The molecular weight excluding hydrogens is 396 g/mol. The van der Waals surface area contributed by atoms with Crippen molar-refractivity contribution in [3.8, 4) is 0 Å². The highest BCUT2D eigenvalue weighted by Crippen LogP contribution is 2.13. The van der Waals surface area contributed by atoms with Crippen LogP contribution in [0.5, 0.6) is 0 Å². The van der Waals surface area contributed by atoms with Crippen LogP contribution in [0.2, 0.25) is 0 Å². The molecule has 2 N–H and O–H groups in total. The van der Waals surface area contributed by atoms with Crippen LogP contribution in [0.4, 0.5) is 0 Å². The van der Waals surface area contributed by atoms with Crippen LogP contribution in [0, 0.1) is 11.8 Å². The molecule has 154 valence electrons. The first-order chi connectivity index (χ1) is 13.2. The van der Waals surface area contributed by atoms with E-state index in [1.807, 2.05) is 6.07 Å². The number of hydrogen-bond acceptors (Lipinski definition) is 6. The van der Waals surface area contributed by atoms with Crippen molar-refractivity contribution in [3.63, 3.8) is 0 Å². The van der Waals surface area contributed by atoms with E-state index in [4.69, 9.17) is 0 Å². The summed E-state index contributed by atoms with van der Waals surface area (Å²) in [4.78, 5) is 48.3. The molecule has 0 aliphatic heterocycles. The lowest BCUT2D eigenvalue weighted by molar-refractivity contribution is -0.130. The largest absolute Gasteiger partial charge is 0.353 e. The standard InChI is InChI=1S/C20H28N2O4S2/c1-13(2)17(23)22-16(12-28-19(25)14(3)4)18(24)21-10-11-27-20(26)15-8-6-5-7-9-15/h5-9,13-14,16H,10-12H2,1-4H3,(H,21,24)(H,22,23)/t16-/m0/s1. The molecule has 0 radical (unpaired) electrons. The SMILES string of the molecule is CC(C)C(=O)N[C@@H](CSC(=O)C(C)C)C(=O)NCCSC(=O)c1ccccc1. The third-order valence-corrected chi connectivity index (χ3v) is 5.83. The molecule has 0 spiro atoms. The molecule has 0 saturated heterocycles. The molecule has 6 nitrogen and oxygen atoms in total. The van der Waals surface area contributed by atoms with Crippen molar-refractivity contribution in [2.75, 3.05) is 18.1 Å². The topological polar surface area (TPSA) is 92.3 Å². The Hall–Kier alpha value is -1.80. The summed E-state index contributed by atoms with van der Waals surface area (Å²) in [7, 11) is 0. The normalized spacial score (nSPS) is 11.9. The predicted molar refractivity (Wildman–Crippen MR) is 115 cm³/mol. The number of amides is 2. The molecule has 1 atom stereocenters. The van der Waals surface area contributed by atoms with Crippen molar-refractivity contribution in [1.82, 2.24) is 10.6 Å². The summed E-state index contributed by atoms with van der Waals surface area (Å²) >= 11 is 2.17. The Kier molecular flexibility index (Phi) is 10.9. The average Bonchev–Trinajstić information content (AvgIpc) is 2.67. The van der Waals surface area contributed by atoms with Crippen LogP contribution in [-0.2, 0) is 14.4 Å². The maximum absolute atomic E-state index is 12.5. The summed E-state index contributed by atoms with van der Waals surface area (Å²) in [6, 6.07) is 8.14. The first-order valence-corrected chi connectivity index (χ1v) is 11.2. The van der Waals surface area contributed by atoms with Gasteiger partial charge in [-0.1, -0.05) is 81.6 Å². The molecule has 28 heavy (non-hydrogen) atoms. The zero-order valence-corrected chi connectivity index (χ0v) is 18.3. The van der Waals surface area contributed by atoms with Gasteiger partial charge in [-0.2, -0.15) is 0 Å². The Morgan fingerprint density at radius 1 is 0.893 bits per heavy atom. The summed E-state index contributed by atoms with van der Waals surface area (Å²) < 4.78 is 0. The predicted octanol–water partition coefficient (Wildman–Crippen LogP) is 2.73. The van der Waals surface area contributed by atoms with Gasteiger partial charge in [0.15, 0.2) is 5.12 Å². The van der Waals surface area contributed by atoms with Crippen molar-refractivity contribution in [1.29, 1.82) is 0 Å². The van der Waals surface area contributed by atoms with Gasteiger partial charge in [-0.05, 0) is 0 Å². The van der Waals surface area contributed by atoms with Gasteiger partial charge in [0.2, 0.25) is 16.9 Å². The number of carbonyl (C=O) groups is 4. The zero-order chi connectivity index (χ0) is 21.1. The number of benzene rings is 1. The maximum Gasteiger partial charge on any atom is 0.243 e. The van der Waals surface area contributed by atoms with Gasteiger partial charge in [-0.25, -0.2) is 0 Å². The smallest absolute Gasteiger partial charge is 0.243 e. The van der Waals surface area contributed by atoms with Crippen molar-refractivity contribution in [2.45, 2.75) is 33.7 Å². The molecule has 0 aliphatic rings. The Morgan fingerprint density at radius 2 is 1.54 bits per heavy atom. The van der Waals surface area contributed by atoms with Gasteiger partial charge in [0, 0.05) is 35.4 Å². The second-order valence-electron chi connectivity index (χ2n) is 6.79. The van der Waals surface area contributed by atoms with Gasteiger partial charge in [0.1, 0.15) is 6.04 Å². The molecule has 1 rings (SSSR count). The fraction of sp³-hybridized carbons (Fsp3) is 0.500. The van der Waals surface area contributed by atoms with Gasteiger partial charge in [-0.15, -0.1) is 0 Å². The minimum atomic E-state index is -0.794. The Morgan fingerprint density at radius 3 is 2.11 bits per heavy atom. The van der Waals surface area contributed by atoms with Gasteiger partial charge >= 0.3 is 0 Å². The molecule has 0 bridgehead atoms. The molecule has 0 heterocycles. The summed E-state index contributed by atoms with van der Waals surface area (Å²) in [5.41, 5.74) is 0.615. The third-order valence-electron chi connectivity index (χ3n) is 3.66. The summed E-state index contributed by atoms with van der Waals surface area (Å²) in [6.07, 6.45) is 0. The van der Waals surface area contributed by atoms with E-state index in [2.05, 4.69) is 10.6 Å². The van der Waals surface area contributed by atoms with Crippen molar-refractivity contribution in [3.05, 3.63) is 35.9 Å². The average molecular weight is 425 g/mol. The van der Waals surface area contributed by atoms with E-state index in [0.29, 0.717) is 17.9 Å². The molecule has 0 fully saturated rings. The molecule has 0 aliphatic carbocycles. The quantitative estimate of drug-likeness (QED) is 0.561. The first kappa shape index (κ1) is 24.2. The monoisotopic (exact) mass is 424 g/mol. The van der Waals surface area contributed by atoms with E-state index in [1.54, 1.807) is 52.0 Å². The number of thioether (sulfide) groups is 2. The fourth-order valence-corrected chi connectivity index (χ4v) is 3.54. The van der Waals surface area contributed by atoms with Crippen molar-refractivity contribution < 1.29 is 19.2 Å². The fourth-order valence-electron chi connectivity index (χ4n) is 1.95. The second kappa shape index (κ2) is 12.6. The Bertz CT molecular complexity index is 678. The summed E-state index contributed by atoms with van der Waals surface area (Å²) in [5.74, 6) is -0.410. The zero-order valence-electron chi connectivity index (χ0n) is 16.7. The van der Waals surface area contributed by atoms with Crippen molar-refractivity contribution >= 4 is 45.6 Å². The van der Waals surface area contributed by atoms with E-state index >= 15 is 0 Å². The van der Waals surface area contributed by atoms with Gasteiger partial charge in [-0.3, -0.25) is 19.2 Å². The van der Waals surface area contributed by atoms with Crippen LogP contribution in [0.3, 0.4) is 0 Å². The van der Waals surface area contributed by atoms with Crippen LogP contribution in [0.1, 0.15) is 38.1 Å². The van der Waals surface area contributed by atoms with Crippen LogP contribution in [0.15, 0.2) is 30.3 Å². The highest BCUT2D eigenvalue weighted by Gasteiger charge is 2.23. The lowest BCUT2D eigenvalue weighted by atomic mass is 10.2. The molecule has 8 heteroatoms. The van der Waals surface area contributed by atoms with E-state index in [1.165, 1.54) is 0 Å². The van der Waals surface area contributed by atoms with Crippen LogP contribution in [-0.4, -0.2) is 46.1 Å². The van der Waals surface area contributed by atoms with E-state index < -0.39 is 6.04 Å². The number of hydrogen-bond donors (Lipinski definition) is 2.